The third-order valence-electron chi connectivity index (χ3n) is 1.92. The largest absolute Gasteiger partial charge is 0.482 e. The first-order valence-electron chi connectivity index (χ1n) is 4.05. The average molecular weight is 177 g/mol. The number of hydrogen-bond donors (Lipinski definition) is 1. The number of nitrogens with zero attached hydrogens (tertiary/aromatic N) is 2. The van der Waals surface area contributed by atoms with Crippen molar-refractivity contribution >= 4 is 11.5 Å². The van der Waals surface area contributed by atoms with E-state index in [0.29, 0.717) is 0 Å². The maximum absolute atomic E-state index is 5.18. The number of imidazole rings is 1. The van der Waals surface area contributed by atoms with Gasteiger partial charge in [0.15, 0.2) is 5.88 Å². The molecule has 4 nitrogen and oxygen atoms in total. The Morgan fingerprint density at radius 3 is 3.00 bits per heavy atom. The van der Waals surface area contributed by atoms with Crippen molar-refractivity contribution < 1.29 is 4.74 Å². The lowest BCUT2D eigenvalue weighted by atomic mass is 10.4. The van der Waals surface area contributed by atoms with Crippen LogP contribution in [0.25, 0.3) is 5.65 Å². The molecule has 1 N–H and O–H groups in total. The van der Waals surface area contributed by atoms with Gasteiger partial charge in [0.1, 0.15) is 11.5 Å². The zero-order valence-corrected chi connectivity index (χ0v) is 7.61. The normalized spacial score (nSPS) is 10.3. The fraction of sp³-hybridized carbons (Fsp3) is 0.222. The number of aromatic nitrogens is 2. The Morgan fingerprint density at radius 2 is 2.31 bits per heavy atom. The van der Waals surface area contributed by atoms with Gasteiger partial charge in [-0.15, -0.1) is 0 Å². The lowest BCUT2D eigenvalue weighted by Crippen LogP contribution is -1.91. The van der Waals surface area contributed by atoms with E-state index in [1.54, 1.807) is 7.11 Å². The first-order chi connectivity index (χ1) is 6.35. The Hall–Kier alpha value is -1.71. The maximum atomic E-state index is 5.18. The van der Waals surface area contributed by atoms with E-state index in [0.717, 1.165) is 17.3 Å². The number of fused-ring (bicyclic) bond motifs is 1. The molecule has 2 aromatic heterocycles. The van der Waals surface area contributed by atoms with Crippen molar-refractivity contribution in [2.24, 2.45) is 0 Å². The molecule has 0 unspecified atom stereocenters. The Morgan fingerprint density at radius 1 is 1.46 bits per heavy atom. The third kappa shape index (κ3) is 1.20. The van der Waals surface area contributed by atoms with Crippen molar-refractivity contribution in [3.63, 3.8) is 0 Å². The zero-order valence-electron chi connectivity index (χ0n) is 7.61. The Labute approximate surface area is 76.2 Å². The van der Waals surface area contributed by atoms with Crippen LogP contribution < -0.4 is 10.1 Å². The molecule has 0 aromatic carbocycles. The van der Waals surface area contributed by atoms with E-state index in [4.69, 9.17) is 4.74 Å². The van der Waals surface area contributed by atoms with Crippen molar-refractivity contribution in [2.45, 2.75) is 0 Å². The maximum Gasteiger partial charge on any atom is 0.199 e. The SMILES string of the molecule is CNc1cn2c(OC)cccc2n1. The second kappa shape index (κ2) is 2.97. The molecule has 0 spiro atoms. The summed E-state index contributed by atoms with van der Waals surface area (Å²) in [6.45, 7) is 0. The monoisotopic (exact) mass is 177 g/mol. The zero-order chi connectivity index (χ0) is 9.26. The van der Waals surface area contributed by atoms with Gasteiger partial charge in [-0.2, -0.15) is 0 Å². The van der Waals surface area contributed by atoms with Crippen LogP contribution in [0.15, 0.2) is 24.4 Å². The molecule has 0 saturated carbocycles. The Balaban J connectivity index is 2.67. The molecule has 0 aliphatic rings. The van der Waals surface area contributed by atoms with Gasteiger partial charge in [-0.05, 0) is 12.1 Å². The van der Waals surface area contributed by atoms with Crippen molar-refractivity contribution in [3.8, 4) is 5.88 Å². The molecular weight excluding hydrogens is 166 g/mol. The molecule has 68 valence electrons. The van der Waals surface area contributed by atoms with E-state index >= 15 is 0 Å². The molecule has 0 fully saturated rings. The fourth-order valence-corrected chi connectivity index (χ4v) is 1.27. The van der Waals surface area contributed by atoms with Crippen LogP contribution in [0.2, 0.25) is 0 Å². The van der Waals surface area contributed by atoms with Crippen LogP contribution >= 0.6 is 0 Å². The molecule has 0 bridgehead atoms. The van der Waals surface area contributed by atoms with Crippen LogP contribution in [0.5, 0.6) is 5.88 Å². The van der Waals surface area contributed by atoms with E-state index in [9.17, 15) is 0 Å². The van der Waals surface area contributed by atoms with Crippen LogP contribution in [0, 0.1) is 0 Å². The molecule has 0 radical (unpaired) electrons. The van der Waals surface area contributed by atoms with Gasteiger partial charge >= 0.3 is 0 Å². The summed E-state index contributed by atoms with van der Waals surface area (Å²) in [6.07, 6.45) is 1.90. The van der Waals surface area contributed by atoms with E-state index in [1.807, 2.05) is 35.8 Å². The van der Waals surface area contributed by atoms with E-state index in [-0.39, 0.29) is 0 Å². The van der Waals surface area contributed by atoms with E-state index in [2.05, 4.69) is 10.3 Å². The average Bonchev–Trinajstić information content (AvgIpc) is 2.59. The topological polar surface area (TPSA) is 38.6 Å². The molecule has 0 atom stereocenters. The highest BCUT2D eigenvalue weighted by Gasteiger charge is 2.02. The van der Waals surface area contributed by atoms with Crippen LogP contribution in [-0.4, -0.2) is 23.5 Å². The molecule has 2 heterocycles. The van der Waals surface area contributed by atoms with E-state index in [1.165, 1.54) is 0 Å². The number of nitrogens with one attached hydrogen (secondary N) is 1. The fourth-order valence-electron chi connectivity index (χ4n) is 1.27. The Kier molecular flexibility index (Phi) is 1.81. The molecule has 13 heavy (non-hydrogen) atoms. The van der Waals surface area contributed by atoms with Gasteiger partial charge in [-0.25, -0.2) is 4.98 Å². The summed E-state index contributed by atoms with van der Waals surface area (Å²) in [4.78, 5) is 4.31. The second-order valence-corrected chi connectivity index (χ2v) is 2.67. The number of hydrogen-bond acceptors (Lipinski definition) is 3. The summed E-state index contributed by atoms with van der Waals surface area (Å²) in [5.74, 6) is 1.62. The van der Waals surface area contributed by atoms with Gasteiger partial charge in [-0.3, -0.25) is 4.40 Å². The number of ether oxygens (including phenoxy) is 1. The van der Waals surface area contributed by atoms with Crippen LogP contribution in [0.1, 0.15) is 0 Å². The molecule has 0 aliphatic heterocycles. The molecule has 4 heteroatoms. The molecule has 0 amide bonds. The molecule has 2 aromatic rings. The molecule has 0 aliphatic carbocycles. The highest BCUT2D eigenvalue weighted by atomic mass is 16.5. The summed E-state index contributed by atoms with van der Waals surface area (Å²) in [6, 6.07) is 5.75. The second-order valence-electron chi connectivity index (χ2n) is 2.67. The van der Waals surface area contributed by atoms with Crippen LogP contribution in [0.4, 0.5) is 5.82 Å². The molecular formula is C9H11N3O. The number of methoxy groups -OCH3 is 1. The van der Waals surface area contributed by atoms with Gasteiger partial charge in [-0.1, -0.05) is 6.07 Å². The molecule has 2 rings (SSSR count). The quantitative estimate of drug-likeness (QED) is 0.753. The van der Waals surface area contributed by atoms with Crippen molar-refractivity contribution in [1.29, 1.82) is 0 Å². The van der Waals surface area contributed by atoms with Gasteiger partial charge in [0.05, 0.1) is 13.3 Å². The number of rotatable bonds is 2. The molecule has 0 saturated heterocycles. The standard InChI is InChI=1S/C9H11N3O/c1-10-7-6-12-8(11-7)4-3-5-9(12)13-2/h3-6,10H,1-2H3. The lowest BCUT2D eigenvalue weighted by molar-refractivity contribution is 0.392. The summed E-state index contributed by atoms with van der Waals surface area (Å²) >= 11 is 0. The summed E-state index contributed by atoms with van der Waals surface area (Å²) in [7, 11) is 3.49. The van der Waals surface area contributed by atoms with Crippen molar-refractivity contribution in [1.82, 2.24) is 9.38 Å². The summed E-state index contributed by atoms with van der Waals surface area (Å²) in [5.41, 5.74) is 0.878. The van der Waals surface area contributed by atoms with Gasteiger partial charge in [0, 0.05) is 7.05 Å². The van der Waals surface area contributed by atoms with Crippen LogP contribution in [-0.2, 0) is 0 Å². The minimum Gasteiger partial charge on any atom is -0.482 e. The minimum atomic E-state index is 0.784. The number of anilines is 1. The van der Waals surface area contributed by atoms with Gasteiger partial charge in [0.2, 0.25) is 0 Å². The van der Waals surface area contributed by atoms with Gasteiger partial charge < -0.3 is 10.1 Å². The highest BCUT2D eigenvalue weighted by Crippen LogP contribution is 2.16. The van der Waals surface area contributed by atoms with Crippen LogP contribution in [0.3, 0.4) is 0 Å². The van der Waals surface area contributed by atoms with Crippen molar-refractivity contribution in [2.75, 3.05) is 19.5 Å². The lowest BCUT2D eigenvalue weighted by Gasteiger charge is -2.01. The first-order valence-corrected chi connectivity index (χ1v) is 4.05. The minimum absolute atomic E-state index is 0.784. The van der Waals surface area contributed by atoms with E-state index < -0.39 is 0 Å². The first kappa shape index (κ1) is 7.91. The highest BCUT2D eigenvalue weighted by molar-refractivity contribution is 5.50. The number of pyridine rings is 1. The predicted octanol–water partition coefficient (Wildman–Crippen LogP) is 1.38. The predicted molar refractivity (Wildman–Crippen MR) is 51.3 cm³/mol. The van der Waals surface area contributed by atoms with Crippen molar-refractivity contribution in [3.05, 3.63) is 24.4 Å². The smallest absolute Gasteiger partial charge is 0.199 e. The van der Waals surface area contributed by atoms with Gasteiger partial charge in [0.25, 0.3) is 0 Å². The summed E-state index contributed by atoms with van der Waals surface area (Å²) < 4.78 is 7.08. The third-order valence-corrected chi connectivity index (χ3v) is 1.92. The summed E-state index contributed by atoms with van der Waals surface area (Å²) in [5, 5.41) is 2.98. The Bertz CT molecular complexity index is 422.